The number of unbranched alkanes of at least 4 members (excludes halogenated alkanes) is 4. The molecule has 0 aromatic heterocycles. The van der Waals surface area contributed by atoms with E-state index in [0.29, 0.717) is 6.79 Å². The van der Waals surface area contributed by atoms with E-state index in [2.05, 4.69) is 12.1 Å². The smallest absolute Gasteiger partial charge is 0.312 e. The Kier molecular flexibility index (Phi) is 5.61. The molecule has 0 radical (unpaired) electrons. The number of aliphatic hydroxyl groups excluding tert-OH is 1. The summed E-state index contributed by atoms with van der Waals surface area (Å²) < 4.78 is 15.8. The quantitative estimate of drug-likeness (QED) is 0.584. The zero-order chi connectivity index (χ0) is 16.9. The van der Waals surface area contributed by atoms with Gasteiger partial charge in [0.15, 0.2) is 11.5 Å². The lowest BCUT2D eigenvalue weighted by Crippen LogP contribution is -2.24. The normalized spacial score (nSPS) is 25.1. The van der Waals surface area contributed by atoms with Gasteiger partial charge in [-0.3, -0.25) is 4.79 Å². The standard InChI is InChI=1S/C19H26O5/c1-13-18(20)15(19(21)24-13)8-6-4-2-3-5-7-14-9-10-16-17(11-14)23-12-22-16/h9-11,13,15,18,20H,2-8,12H2,1H3/t13-,15+,18+/m1/s1. The van der Waals surface area contributed by atoms with Crippen LogP contribution >= 0.6 is 0 Å². The number of ether oxygens (including phenoxy) is 3. The van der Waals surface area contributed by atoms with Gasteiger partial charge in [-0.1, -0.05) is 31.7 Å². The van der Waals surface area contributed by atoms with Crippen molar-refractivity contribution in [2.75, 3.05) is 6.79 Å². The molecule has 0 amide bonds. The lowest BCUT2D eigenvalue weighted by molar-refractivity contribution is -0.143. The van der Waals surface area contributed by atoms with E-state index in [0.717, 1.165) is 50.0 Å². The molecule has 3 rings (SSSR count). The van der Waals surface area contributed by atoms with Gasteiger partial charge in [-0.05, 0) is 43.9 Å². The number of aliphatic hydroxyl groups is 1. The minimum absolute atomic E-state index is 0.238. The van der Waals surface area contributed by atoms with Crippen molar-refractivity contribution >= 4 is 5.97 Å². The van der Waals surface area contributed by atoms with Crippen LogP contribution in [0, 0.1) is 5.92 Å². The van der Waals surface area contributed by atoms with Gasteiger partial charge in [0.1, 0.15) is 12.2 Å². The number of hydrogen-bond donors (Lipinski definition) is 1. The van der Waals surface area contributed by atoms with E-state index in [1.54, 1.807) is 6.92 Å². The first-order chi connectivity index (χ1) is 11.6. The Morgan fingerprint density at radius 3 is 2.62 bits per heavy atom. The molecule has 3 atom stereocenters. The fraction of sp³-hybridized carbons (Fsp3) is 0.632. The van der Waals surface area contributed by atoms with Crippen LogP contribution in [-0.4, -0.2) is 30.1 Å². The third kappa shape index (κ3) is 4.01. The van der Waals surface area contributed by atoms with Crippen molar-refractivity contribution in [3.05, 3.63) is 23.8 Å². The average molecular weight is 334 g/mol. The van der Waals surface area contributed by atoms with Crippen molar-refractivity contribution < 1.29 is 24.1 Å². The van der Waals surface area contributed by atoms with Gasteiger partial charge in [-0.2, -0.15) is 0 Å². The van der Waals surface area contributed by atoms with Gasteiger partial charge in [0.2, 0.25) is 6.79 Å². The molecule has 2 aliphatic heterocycles. The number of esters is 1. The Morgan fingerprint density at radius 1 is 1.08 bits per heavy atom. The molecule has 5 nitrogen and oxygen atoms in total. The molecule has 5 heteroatoms. The SMILES string of the molecule is C[C@H]1OC(=O)[C@@H](CCCCCCCc2ccc3c(c2)OCO3)[C@H]1O. The van der Waals surface area contributed by atoms with E-state index >= 15 is 0 Å². The highest BCUT2D eigenvalue weighted by Crippen LogP contribution is 2.33. The Bertz CT molecular complexity index is 571. The second-order valence-corrected chi connectivity index (χ2v) is 6.73. The number of fused-ring (bicyclic) bond motifs is 1. The fourth-order valence-electron chi connectivity index (χ4n) is 3.42. The zero-order valence-corrected chi connectivity index (χ0v) is 14.2. The number of cyclic esters (lactones) is 1. The minimum atomic E-state index is -0.636. The molecule has 1 N–H and O–H groups in total. The van der Waals surface area contributed by atoms with Gasteiger partial charge in [-0.15, -0.1) is 0 Å². The van der Waals surface area contributed by atoms with Crippen molar-refractivity contribution in [2.24, 2.45) is 5.92 Å². The van der Waals surface area contributed by atoms with Crippen LogP contribution in [0.4, 0.5) is 0 Å². The first kappa shape index (κ1) is 17.1. The van der Waals surface area contributed by atoms with Crippen LogP contribution in [0.25, 0.3) is 0 Å². The van der Waals surface area contributed by atoms with Crippen LogP contribution in [0.1, 0.15) is 51.0 Å². The van der Waals surface area contributed by atoms with Crippen LogP contribution < -0.4 is 9.47 Å². The molecular formula is C19H26O5. The van der Waals surface area contributed by atoms with Crippen LogP contribution in [0.2, 0.25) is 0 Å². The maximum absolute atomic E-state index is 11.6. The first-order valence-electron chi connectivity index (χ1n) is 8.92. The zero-order valence-electron chi connectivity index (χ0n) is 14.2. The topological polar surface area (TPSA) is 65.0 Å². The molecule has 1 aromatic carbocycles. The average Bonchev–Trinajstić information content (AvgIpc) is 3.12. The Hall–Kier alpha value is -1.75. The minimum Gasteiger partial charge on any atom is -0.460 e. The summed E-state index contributed by atoms with van der Waals surface area (Å²) in [6, 6.07) is 6.14. The monoisotopic (exact) mass is 334 g/mol. The summed E-state index contributed by atoms with van der Waals surface area (Å²) in [5, 5.41) is 9.90. The van der Waals surface area contributed by atoms with Crippen molar-refractivity contribution in [3.8, 4) is 11.5 Å². The fourth-order valence-corrected chi connectivity index (χ4v) is 3.42. The summed E-state index contributed by atoms with van der Waals surface area (Å²) in [6.45, 7) is 2.07. The highest BCUT2D eigenvalue weighted by atomic mass is 16.7. The summed E-state index contributed by atoms with van der Waals surface area (Å²) in [5.74, 6) is 1.12. The lowest BCUT2D eigenvalue weighted by atomic mass is 9.95. The molecule has 0 spiro atoms. The molecule has 0 saturated carbocycles. The van der Waals surface area contributed by atoms with E-state index in [-0.39, 0.29) is 18.0 Å². The lowest BCUT2D eigenvalue weighted by Gasteiger charge is -2.11. The van der Waals surface area contributed by atoms with E-state index in [4.69, 9.17) is 14.2 Å². The summed E-state index contributed by atoms with van der Waals surface area (Å²) in [5.41, 5.74) is 1.28. The van der Waals surface area contributed by atoms with Crippen molar-refractivity contribution in [1.82, 2.24) is 0 Å². The van der Waals surface area contributed by atoms with Gasteiger partial charge < -0.3 is 19.3 Å². The van der Waals surface area contributed by atoms with E-state index in [1.807, 2.05) is 6.07 Å². The number of benzene rings is 1. The number of aryl methyl sites for hydroxylation is 1. The van der Waals surface area contributed by atoms with Gasteiger partial charge in [0.25, 0.3) is 0 Å². The third-order valence-corrected chi connectivity index (χ3v) is 4.92. The predicted molar refractivity (Wildman–Crippen MR) is 89.0 cm³/mol. The molecule has 1 aromatic rings. The van der Waals surface area contributed by atoms with Crippen molar-refractivity contribution in [1.29, 1.82) is 0 Å². The number of carbonyl (C=O) groups is 1. The predicted octanol–water partition coefficient (Wildman–Crippen LogP) is 3.22. The summed E-state index contributed by atoms with van der Waals surface area (Å²) in [7, 11) is 0. The van der Waals surface area contributed by atoms with Crippen LogP contribution in [0.5, 0.6) is 11.5 Å². The van der Waals surface area contributed by atoms with Gasteiger partial charge in [0, 0.05) is 0 Å². The van der Waals surface area contributed by atoms with E-state index in [1.165, 1.54) is 12.0 Å². The Balaban J connectivity index is 1.27. The van der Waals surface area contributed by atoms with Crippen molar-refractivity contribution in [3.63, 3.8) is 0 Å². The first-order valence-corrected chi connectivity index (χ1v) is 8.92. The molecule has 0 bridgehead atoms. The summed E-state index contributed by atoms with van der Waals surface area (Å²) in [4.78, 5) is 11.6. The third-order valence-electron chi connectivity index (χ3n) is 4.92. The summed E-state index contributed by atoms with van der Waals surface area (Å²) in [6.07, 6.45) is 6.30. The largest absolute Gasteiger partial charge is 0.460 e. The molecular weight excluding hydrogens is 308 g/mol. The molecule has 0 unspecified atom stereocenters. The Labute approximate surface area is 142 Å². The molecule has 2 aliphatic rings. The number of carbonyl (C=O) groups excluding carboxylic acids is 1. The maximum Gasteiger partial charge on any atom is 0.312 e. The molecule has 0 aliphatic carbocycles. The highest BCUT2D eigenvalue weighted by Gasteiger charge is 2.40. The van der Waals surface area contributed by atoms with Gasteiger partial charge in [0.05, 0.1) is 5.92 Å². The molecule has 24 heavy (non-hydrogen) atoms. The van der Waals surface area contributed by atoms with Crippen molar-refractivity contribution in [2.45, 2.75) is 64.1 Å². The van der Waals surface area contributed by atoms with E-state index < -0.39 is 6.10 Å². The second-order valence-electron chi connectivity index (χ2n) is 6.73. The second kappa shape index (κ2) is 7.88. The van der Waals surface area contributed by atoms with Gasteiger partial charge >= 0.3 is 5.97 Å². The van der Waals surface area contributed by atoms with Crippen LogP contribution in [-0.2, 0) is 16.0 Å². The van der Waals surface area contributed by atoms with E-state index in [9.17, 15) is 9.90 Å². The number of hydrogen-bond acceptors (Lipinski definition) is 5. The van der Waals surface area contributed by atoms with Crippen LogP contribution in [0.15, 0.2) is 18.2 Å². The highest BCUT2D eigenvalue weighted by molar-refractivity contribution is 5.75. The molecule has 2 heterocycles. The maximum atomic E-state index is 11.6. The van der Waals surface area contributed by atoms with Gasteiger partial charge in [-0.25, -0.2) is 0 Å². The molecule has 132 valence electrons. The molecule has 1 fully saturated rings. The van der Waals surface area contributed by atoms with Crippen LogP contribution in [0.3, 0.4) is 0 Å². The number of rotatable bonds is 8. The molecule has 1 saturated heterocycles. The Morgan fingerprint density at radius 2 is 1.83 bits per heavy atom. The summed E-state index contributed by atoms with van der Waals surface area (Å²) >= 11 is 0.